The summed E-state index contributed by atoms with van der Waals surface area (Å²) in [6.45, 7) is 3.74. The van der Waals surface area contributed by atoms with Crippen LogP contribution in [0.1, 0.15) is 33.9 Å². The molecule has 0 radical (unpaired) electrons. The lowest BCUT2D eigenvalue weighted by Crippen LogP contribution is -2.27. The van der Waals surface area contributed by atoms with Gasteiger partial charge in [0.15, 0.2) is 5.78 Å². The van der Waals surface area contributed by atoms with Crippen molar-refractivity contribution in [1.29, 1.82) is 0 Å². The lowest BCUT2D eigenvalue weighted by atomic mass is 10.1. The van der Waals surface area contributed by atoms with Gasteiger partial charge in [-0.3, -0.25) is 14.9 Å². The minimum Gasteiger partial charge on any atom is -0.389 e. The van der Waals surface area contributed by atoms with Gasteiger partial charge in [-0.2, -0.15) is 15.4 Å². The average molecular weight is 516 g/mol. The van der Waals surface area contributed by atoms with E-state index in [1.165, 1.54) is 11.3 Å². The van der Waals surface area contributed by atoms with Crippen LogP contribution in [0.4, 0.5) is 11.6 Å². The summed E-state index contributed by atoms with van der Waals surface area (Å²) >= 11 is 1.29. The first-order valence-corrected chi connectivity index (χ1v) is 12.4. The fraction of sp³-hybridized carbons (Fsp3) is 0.192. The number of amides is 1. The molecule has 10 nitrogen and oxygen atoms in total. The zero-order valence-corrected chi connectivity index (χ0v) is 21.0. The molecule has 0 saturated carbocycles. The zero-order valence-electron chi connectivity index (χ0n) is 20.2. The molecular formula is C26H25N7O3S. The number of hydrogen-bond acceptors (Lipinski definition) is 8. The fourth-order valence-corrected chi connectivity index (χ4v) is 4.73. The van der Waals surface area contributed by atoms with Gasteiger partial charge in [0.2, 0.25) is 5.95 Å². The first-order chi connectivity index (χ1) is 17.8. The average Bonchev–Trinajstić information content (AvgIpc) is 3.63. The van der Waals surface area contributed by atoms with E-state index in [0.717, 1.165) is 16.1 Å². The second-order valence-electron chi connectivity index (χ2n) is 9.15. The van der Waals surface area contributed by atoms with Crippen molar-refractivity contribution < 1.29 is 14.7 Å². The molecule has 2 aromatic carbocycles. The number of benzene rings is 2. The lowest BCUT2D eigenvalue weighted by molar-refractivity contribution is 0.0630. The normalized spacial score (nSPS) is 11.5. The summed E-state index contributed by atoms with van der Waals surface area (Å²) < 4.78 is 1.78. The summed E-state index contributed by atoms with van der Waals surface area (Å²) in [6, 6.07) is 18.1. The molecule has 0 aliphatic carbocycles. The summed E-state index contributed by atoms with van der Waals surface area (Å²) in [5.41, 5.74) is 2.32. The SMILES string of the molecule is CC(C)(O)Cn1c(NC(=O)c2ccc(-c3cn[nH]n3)s2)nc2cc(NCC(=O)c3ccccc3)ccc21. The van der Waals surface area contributed by atoms with E-state index in [1.54, 1.807) is 42.8 Å². The summed E-state index contributed by atoms with van der Waals surface area (Å²) in [5, 5.41) is 27.0. The Kier molecular flexibility index (Phi) is 6.55. The number of H-pyrrole nitrogens is 1. The van der Waals surface area contributed by atoms with Gasteiger partial charge in [0.05, 0.1) is 45.7 Å². The smallest absolute Gasteiger partial charge is 0.268 e. The van der Waals surface area contributed by atoms with Crippen LogP contribution in [0.15, 0.2) is 66.9 Å². The van der Waals surface area contributed by atoms with E-state index in [4.69, 9.17) is 0 Å². The van der Waals surface area contributed by atoms with Gasteiger partial charge in [0.1, 0.15) is 5.69 Å². The molecule has 0 saturated heterocycles. The van der Waals surface area contributed by atoms with Gasteiger partial charge >= 0.3 is 0 Å². The first kappa shape index (κ1) is 24.3. The lowest BCUT2D eigenvalue weighted by Gasteiger charge is -2.20. The van der Waals surface area contributed by atoms with Crippen LogP contribution in [-0.2, 0) is 6.54 Å². The first-order valence-electron chi connectivity index (χ1n) is 11.6. The maximum Gasteiger partial charge on any atom is 0.268 e. The molecule has 0 unspecified atom stereocenters. The molecule has 0 atom stereocenters. The largest absolute Gasteiger partial charge is 0.389 e. The third-order valence-corrected chi connectivity index (χ3v) is 6.67. The van der Waals surface area contributed by atoms with Gasteiger partial charge in [-0.25, -0.2) is 4.98 Å². The minimum atomic E-state index is -1.05. The van der Waals surface area contributed by atoms with Gasteiger partial charge in [-0.15, -0.1) is 11.3 Å². The number of aliphatic hydroxyl groups is 1. The van der Waals surface area contributed by atoms with Gasteiger partial charge in [-0.05, 0) is 44.2 Å². The molecule has 0 fully saturated rings. The summed E-state index contributed by atoms with van der Waals surface area (Å²) in [6.07, 6.45) is 1.59. The number of carbonyl (C=O) groups is 2. The van der Waals surface area contributed by atoms with Crippen molar-refractivity contribution in [1.82, 2.24) is 25.0 Å². The molecule has 0 spiro atoms. The number of ketones is 1. The third kappa shape index (κ3) is 5.57. The number of anilines is 2. The van der Waals surface area contributed by atoms with Gasteiger partial charge < -0.3 is 15.0 Å². The number of aromatic nitrogens is 5. The summed E-state index contributed by atoms with van der Waals surface area (Å²) in [4.78, 5) is 31.5. The van der Waals surface area contributed by atoms with Crippen molar-refractivity contribution in [2.24, 2.45) is 0 Å². The highest BCUT2D eigenvalue weighted by Crippen LogP contribution is 2.28. The number of rotatable bonds is 9. The molecule has 37 heavy (non-hydrogen) atoms. The molecule has 0 aliphatic rings. The molecule has 188 valence electrons. The standard InChI is InChI=1S/C26H25N7O3S/c1-26(2,36)15-33-20-9-8-17(27-14-21(34)16-6-4-3-5-7-16)12-18(20)29-25(33)30-24(35)23-11-10-22(37-23)19-13-28-32-31-19/h3-13,27,36H,14-15H2,1-2H3,(H,28,31,32)(H,29,30,35). The van der Waals surface area contributed by atoms with Crippen LogP contribution >= 0.6 is 11.3 Å². The van der Waals surface area contributed by atoms with Crippen molar-refractivity contribution in [3.63, 3.8) is 0 Å². The maximum atomic E-state index is 13.1. The van der Waals surface area contributed by atoms with Crippen molar-refractivity contribution >= 4 is 45.7 Å². The predicted octanol–water partition coefficient (Wildman–Crippen LogP) is 4.20. The second-order valence-corrected chi connectivity index (χ2v) is 10.2. The molecule has 0 aliphatic heterocycles. The van der Waals surface area contributed by atoms with E-state index in [1.807, 2.05) is 42.5 Å². The summed E-state index contributed by atoms with van der Waals surface area (Å²) in [5.74, 6) is -0.0305. The van der Waals surface area contributed by atoms with E-state index in [2.05, 4.69) is 31.0 Å². The maximum absolute atomic E-state index is 13.1. The molecular weight excluding hydrogens is 490 g/mol. The molecule has 0 bridgehead atoms. The zero-order chi connectivity index (χ0) is 26.0. The van der Waals surface area contributed by atoms with E-state index in [9.17, 15) is 14.7 Å². The van der Waals surface area contributed by atoms with Crippen molar-refractivity contribution in [2.45, 2.75) is 26.0 Å². The second kappa shape index (κ2) is 9.96. The number of aromatic amines is 1. The molecule has 3 aromatic heterocycles. The van der Waals surface area contributed by atoms with Crippen LogP contribution in [0.2, 0.25) is 0 Å². The molecule has 1 amide bonds. The number of carbonyl (C=O) groups excluding carboxylic acids is 2. The molecule has 5 rings (SSSR count). The number of hydrogen-bond donors (Lipinski definition) is 4. The van der Waals surface area contributed by atoms with E-state index in [-0.39, 0.29) is 24.8 Å². The Labute approximate surface area is 216 Å². The summed E-state index contributed by atoms with van der Waals surface area (Å²) in [7, 11) is 0. The number of nitrogens with one attached hydrogen (secondary N) is 3. The Morgan fingerprint density at radius 2 is 1.92 bits per heavy atom. The fourth-order valence-electron chi connectivity index (χ4n) is 3.87. The van der Waals surface area contributed by atoms with Crippen LogP contribution in [0, 0.1) is 0 Å². The molecule has 11 heteroatoms. The predicted molar refractivity (Wildman–Crippen MR) is 143 cm³/mol. The Morgan fingerprint density at radius 3 is 2.65 bits per heavy atom. The topological polar surface area (TPSA) is 138 Å². The van der Waals surface area contributed by atoms with Crippen LogP contribution in [0.5, 0.6) is 0 Å². The van der Waals surface area contributed by atoms with Crippen LogP contribution in [0.3, 0.4) is 0 Å². The van der Waals surface area contributed by atoms with E-state index < -0.39 is 5.60 Å². The van der Waals surface area contributed by atoms with Gasteiger partial charge in [0, 0.05) is 11.3 Å². The number of nitrogens with zero attached hydrogens (tertiary/aromatic N) is 4. The Hall–Kier alpha value is -4.35. The quantitative estimate of drug-likeness (QED) is 0.216. The Bertz CT molecular complexity index is 1550. The van der Waals surface area contributed by atoms with E-state index in [0.29, 0.717) is 27.6 Å². The highest BCUT2D eigenvalue weighted by Gasteiger charge is 2.22. The molecule has 4 N–H and O–H groups in total. The van der Waals surface area contributed by atoms with Crippen LogP contribution in [-0.4, -0.2) is 53.9 Å². The third-order valence-electron chi connectivity index (χ3n) is 5.56. The number of thiophene rings is 1. The van der Waals surface area contributed by atoms with Gasteiger partial charge in [-0.1, -0.05) is 30.3 Å². The monoisotopic (exact) mass is 515 g/mol. The Balaban J connectivity index is 1.39. The van der Waals surface area contributed by atoms with E-state index >= 15 is 0 Å². The minimum absolute atomic E-state index is 0.0258. The number of Topliss-reactive ketones (excluding diaryl/α,β-unsaturated/α-hetero) is 1. The Morgan fingerprint density at radius 1 is 1.11 bits per heavy atom. The van der Waals surface area contributed by atoms with Crippen LogP contribution < -0.4 is 10.6 Å². The molecule has 5 aromatic rings. The number of fused-ring (bicyclic) bond motifs is 1. The highest BCUT2D eigenvalue weighted by atomic mass is 32.1. The van der Waals surface area contributed by atoms with Crippen molar-refractivity contribution in [2.75, 3.05) is 17.2 Å². The van der Waals surface area contributed by atoms with Gasteiger partial charge in [0.25, 0.3) is 5.91 Å². The highest BCUT2D eigenvalue weighted by molar-refractivity contribution is 7.17. The van der Waals surface area contributed by atoms with Crippen molar-refractivity contribution in [3.05, 3.63) is 77.3 Å². The van der Waals surface area contributed by atoms with Crippen LogP contribution in [0.25, 0.3) is 21.6 Å². The van der Waals surface area contributed by atoms with Crippen molar-refractivity contribution in [3.8, 4) is 10.6 Å². The number of imidazole rings is 1. The molecule has 3 heterocycles.